The SMILES string of the molecule is O=C1CCC(N2Cc3c(CCCCCBr)cccc3C2=O)C(=O)N1. The third-order valence-corrected chi connectivity index (χ3v) is 5.32. The Morgan fingerprint density at radius 3 is 2.75 bits per heavy atom. The van der Waals surface area contributed by atoms with E-state index in [1.54, 1.807) is 4.90 Å². The summed E-state index contributed by atoms with van der Waals surface area (Å²) < 4.78 is 0. The Kier molecular flexibility index (Phi) is 5.33. The molecular formula is C18H21BrN2O3. The van der Waals surface area contributed by atoms with Crippen LogP contribution in [0.2, 0.25) is 0 Å². The number of hydrogen-bond donors (Lipinski definition) is 1. The molecule has 1 aromatic rings. The summed E-state index contributed by atoms with van der Waals surface area (Å²) in [5.74, 6) is -0.707. The molecule has 6 heteroatoms. The molecule has 1 N–H and O–H groups in total. The average Bonchev–Trinajstić information content (AvgIpc) is 2.89. The molecule has 2 aliphatic heterocycles. The van der Waals surface area contributed by atoms with Crippen molar-refractivity contribution in [2.45, 2.75) is 51.1 Å². The van der Waals surface area contributed by atoms with Crippen molar-refractivity contribution >= 4 is 33.7 Å². The van der Waals surface area contributed by atoms with E-state index >= 15 is 0 Å². The summed E-state index contributed by atoms with van der Waals surface area (Å²) >= 11 is 3.44. The molecule has 2 aliphatic rings. The van der Waals surface area contributed by atoms with Gasteiger partial charge in [-0.3, -0.25) is 19.7 Å². The summed E-state index contributed by atoms with van der Waals surface area (Å²) in [4.78, 5) is 37.7. The number of fused-ring (bicyclic) bond motifs is 1. The molecule has 0 spiro atoms. The summed E-state index contributed by atoms with van der Waals surface area (Å²) in [6.45, 7) is 0.467. The number of piperidine rings is 1. The Labute approximate surface area is 149 Å². The van der Waals surface area contributed by atoms with Crippen LogP contribution in [0, 0.1) is 0 Å². The number of carbonyl (C=O) groups excluding carboxylic acids is 3. The number of alkyl halides is 1. The molecule has 1 unspecified atom stereocenters. The zero-order chi connectivity index (χ0) is 17.1. The van der Waals surface area contributed by atoms with E-state index in [1.807, 2.05) is 12.1 Å². The lowest BCUT2D eigenvalue weighted by Gasteiger charge is -2.29. The molecule has 1 saturated heterocycles. The van der Waals surface area contributed by atoms with E-state index in [0.717, 1.165) is 36.6 Å². The molecule has 0 aliphatic carbocycles. The number of aryl methyl sites for hydroxylation is 1. The van der Waals surface area contributed by atoms with Crippen molar-refractivity contribution in [3.8, 4) is 0 Å². The van der Waals surface area contributed by atoms with Crippen molar-refractivity contribution < 1.29 is 14.4 Å². The molecule has 0 bridgehead atoms. The van der Waals surface area contributed by atoms with Gasteiger partial charge in [-0.1, -0.05) is 34.5 Å². The fourth-order valence-corrected chi connectivity index (χ4v) is 3.87. The Balaban J connectivity index is 1.75. The third-order valence-electron chi connectivity index (χ3n) is 4.76. The lowest BCUT2D eigenvalue weighted by molar-refractivity contribution is -0.136. The first-order valence-electron chi connectivity index (χ1n) is 8.43. The van der Waals surface area contributed by atoms with E-state index in [0.29, 0.717) is 18.5 Å². The van der Waals surface area contributed by atoms with E-state index in [-0.39, 0.29) is 24.1 Å². The number of amides is 3. The van der Waals surface area contributed by atoms with Gasteiger partial charge in [0.25, 0.3) is 5.91 Å². The number of rotatable bonds is 6. The number of nitrogens with zero attached hydrogens (tertiary/aromatic N) is 1. The number of carbonyl (C=O) groups is 3. The van der Waals surface area contributed by atoms with Crippen molar-refractivity contribution in [1.29, 1.82) is 0 Å². The van der Waals surface area contributed by atoms with Crippen LogP contribution in [-0.4, -0.2) is 34.0 Å². The van der Waals surface area contributed by atoms with Crippen LogP contribution in [0.1, 0.15) is 53.6 Å². The average molecular weight is 393 g/mol. The zero-order valence-corrected chi connectivity index (χ0v) is 15.1. The van der Waals surface area contributed by atoms with Gasteiger partial charge in [0.05, 0.1) is 0 Å². The third kappa shape index (κ3) is 3.38. The number of unbranched alkanes of at least 4 members (excludes halogenated alkanes) is 2. The first-order chi connectivity index (χ1) is 11.6. The van der Waals surface area contributed by atoms with Gasteiger partial charge in [0, 0.05) is 23.9 Å². The van der Waals surface area contributed by atoms with Gasteiger partial charge in [-0.25, -0.2) is 0 Å². The highest BCUT2D eigenvalue weighted by atomic mass is 79.9. The van der Waals surface area contributed by atoms with Crippen LogP contribution < -0.4 is 5.32 Å². The van der Waals surface area contributed by atoms with E-state index in [4.69, 9.17) is 0 Å². The number of hydrogen-bond acceptors (Lipinski definition) is 3. The van der Waals surface area contributed by atoms with Gasteiger partial charge in [0.1, 0.15) is 6.04 Å². The van der Waals surface area contributed by atoms with Crippen molar-refractivity contribution in [3.05, 3.63) is 34.9 Å². The number of halogens is 1. The first-order valence-corrected chi connectivity index (χ1v) is 9.55. The minimum atomic E-state index is -0.538. The number of nitrogens with one attached hydrogen (secondary N) is 1. The summed E-state index contributed by atoms with van der Waals surface area (Å²) in [5.41, 5.74) is 2.95. The summed E-state index contributed by atoms with van der Waals surface area (Å²) in [6.07, 6.45) is 5.04. The topological polar surface area (TPSA) is 66.5 Å². The molecular weight excluding hydrogens is 372 g/mol. The lowest BCUT2D eigenvalue weighted by atomic mass is 9.98. The van der Waals surface area contributed by atoms with Crippen LogP contribution in [0.15, 0.2) is 18.2 Å². The fourth-order valence-electron chi connectivity index (χ4n) is 3.47. The summed E-state index contributed by atoms with van der Waals surface area (Å²) in [6, 6.07) is 5.30. The Bertz CT molecular complexity index is 674. The standard InChI is InChI=1S/C18H21BrN2O3/c19-10-3-1-2-5-12-6-4-7-13-14(12)11-21(18(13)24)15-8-9-16(22)20-17(15)23/h4,6-7,15H,1-3,5,8-11H2,(H,20,22,23). The highest BCUT2D eigenvalue weighted by Gasteiger charge is 2.39. The minimum Gasteiger partial charge on any atom is -0.322 e. The second-order valence-electron chi connectivity index (χ2n) is 6.34. The largest absolute Gasteiger partial charge is 0.322 e. The van der Waals surface area contributed by atoms with Crippen LogP contribution in [0.3, 0.4) is 0 Å². The van der Waals surface area contributed by atoms with Gasteiger partial charge < -0.3 is 4.90 Å². The first kappa shape index (κ1) is 17.1. The van der Waals surface area contributed by atoms with Crippen LogP contribution in [0.25, 0.3) is 0 Å². The van der Waals surface area contributed by atoms with Crippen molar-refractivity contribution in [1.82, 2.24) is 10.2 Å². The molecule has 1 atom stereocenters. The highest BCUT2D eigenvalue weighted by Crippen LogP contribution is 2.30. The smallest absolute Gasteiger partial charge is 0.255 e. The second kappa shape index (κ2) is 7.47. The maximum Gasteiger partial charge on any atom is 0.255 e. The molecule has 24 heavy (non-hydrogen) atoms. The van der Waals surface area contributed by atoms with Gasteiger partial charge in [-0.05, 0) is 42.9 Å². The lowest BCUT2D eigenvalue weighted by Crippen LogP contribution is -2.52. The molecule has 5 nitrogen and oxygen atoms in total. The molecule has 0 radical (unpaired) electrons. The molecule has 0 aromatic heterocycles. The fraction of sp³-hybridized carbons (Fsp3) is 0.500. The monoisotopic (exact) mass is 392 g/mol. The van der Waals surface area contributed by atoms with Crippen molar-refractivity contribution in [2.24, 2.45) is 0 Å². The van der Waals surface area contributed by atoms with Crippen LogP contribution >= 0.6 is 15.9 Å². The van der Waals surface area contributed by atoms with Gasteiger partial charge in [-0.15, -0.1) is 0 Å². The molecule has 128 valence electrons. The van der Waals surface area contributed by atoms with E-state index in [1.165, 1.54) is 5.56 Å². The highest BCUT2D eigenvalue weighted by molar-refractivity contribution is 9.09. The molecule has 3 rings (SSSR count). The molecule has 0 saturated carbocycles. The molecule has 1 aromatic carbocycles. The van der Waals surface area contributed by atoms with E-state index in [2.05, 4.69) is 27.3 Å². The van der Waals surface area contributed by atoms with E-state index in [9.17, 15) is 14.4 Å². The quantitative estimate of drug-likeness (QED) is 0.459. The number of imide groups is 1. The van der Waals surface area contributed by atoms with Gasteiger partial charge >= 0.3 is 0 Å². The Morgan fingerprint density at radius 1 is 1.17 bits per heavy atom. The molecule has 1 fully saturated rings. The summed E-state index contributed by atoms with van der Waals surface area (Å²) in [7, 11) is 0. The van der Waals surface area contributed by atoms with Crippen LogP contribution in [0.5, 0.6) is 0 Å². The second-order valence-corrected chi connectivity index (χ2v) is 7.14. The summed E-state index contributed by atoms with van der Waals surface area (Å²) in [5, 5.41) is 3.36. The zero-order valence-electron chi connectivity index (χ0n) is 13.5. The predicted octanol–water partition coefficient (Wildman–Crippen LogP) is 2.56. The van der Waals surface area contributed by atoms with Gasteiger partial charge in [-0.2, -0.15) is 0 Å². The molecule has 2 heterocycles. The number of benzene rings is 1. The van der Waals surface area contributed by atoms with Crippen molar-refractivity contribution in [2.75, 3.05) is 5.33 Å². The molecule has 3 amide bonds. The maximum atomic E-state index is 12.7. The van der Waals surface area contributed by atoms with Gasteiger partial charge in [0.2, 0.25) is 11.8 Å². The maximum absolute atomic E-state index is 12.7. The van der Waals surface area contributed by atoms with E-state index < -0.39 is 6.04 Å². The van der Waals surface area contributed by atoms with Crippen LogP contribution in [-0.2, 0) is 22.6 Å². The van der Waals surface area contributed by atoms with Crippen molar-refractivity contribution in [3.63, 3.8) is 0 Å². The minimum absolute atomic E-state index is 0.0955. The Morgan fingerprint density at radius 2 is 2.00 bits per heavy atom. The normalized spacial score (nSPS) is 20.3. The predicted molar refractivity (Wildman–Crippen MR) is 93.8 cm³/mol. The van der Waals surface area contributed by atoms with Gasteiger partial charge in [0.15, 0.2) is 0 Å². The van der Waals surface area contributed by atoms with Crippen LogP contribution in [0.4, 0.5) is 0 Å². The Hall–Kier alpha value is -1.69.